The van der Waals surface area contributed by atoms with E-state index in [1.54, 1.807) is 18.1 Å². The second-order valence-electron chi connectivity index (χ2n) is 8.72. The smallest absolute Gasteiger partial charge is 0.295 e. The quantitative estimate of drug-likeness (QED) is 0.377. The van der Waals surface area contributed by atoms with E-state index in [1.807, 2.05) is 30.5 Å². The van der Waals surface area contributed by atoms with Crippen LogP contribution in [0.5, 0.6) is 5.75 Å². The fourth-order valence-electron chi connectivity index (χ4n) is 4.82. The Morgan fingerprint density at radius 2 is 1.90 bits per heavy atom. The molecule has 1 N–H and O–H groups in total. The molecule has 1 unspecified atom stereocenters. The van der Waals surface area contributed by atoms with Gasteiger partial charge in [-0.1, -0.05) is 26.7 Å². The Balaban J connectivity index is 1.89. The number of methoxy groups -OCH3 is 1. The van der Waals surface area contributed by atoms with Gasteiger partial charge in [0.15, 0.2) is 0 Å². The first-order valence-corrected chi connectivity index (χ1v) is 11.8. The van der Waals surface area contributed by atoms with E-state index < -0.39 is 17.7 Å². The van der Waals surface area contributed by atoms with E-state index in [4.69, 9.17) is 4.74 Å². The summed E-state index contributed by atoms with van der Waals surface area (Å²) in [6, 6.07) is 6.92. The van der Waals surface area contributed by atoms with Crippen LogP contribution in [0.25, 0.3) is 5.76 Å². The molecule has 164 valence electrons. The number of benzene rings is 1. The third-order valence-electron chi connectivity index (χ3n) is 6.47. The van der Waals surface area contributed by atoms with Gasteiger partial charge in [0, 0.05) is 16.5 Å². The summed E-state index contributed by atoms with van der Waals surface area (Å²) in [6.45, 7) is 6.09. The average Bonchev–Trinajstić information content (AvgIpc) is 3.48. The van der Waals surface area contributed by atoms with Gasteiger partial charge in [0.05, 0.1) is 12.7 Å². The zero-order valence-corrected chi connectivity index (χ0v) is 19.3. The summed E-state index contributed by atoms with van der Waals surface area (Å²) in [7, 11) is 1.62. The van der Waals surface area contributed by atoms with E-state index in [9.17, 15) is 14.7 Å². The Kier molecular flexibility index (Phi) is 5.93. The fraction of sp³-hybridized carbons (Fsp3) is 0.440. The Morgan fingerprint density at radius 1 is 1.19 bits per heavy atom. The summed E-state index contributed by atoms with van der Waals surface area (Å²) in [5, 5.41) is 13.3. The molecule has 1 saturated carbocycles. The molecule has 0 bridgehead atoms. The minimum atomic E-state index is -0.593. The van der Waals surface area contributed by atoms with Gasteiger partial charge in [0.25, 0.3) is 11.7 Å². The summed E-state index contributed by atoms with van der Waals surface area (Å²) in [4.78, 5) is 29.1. The molecule has 0 radical (unpaired) electrons. The number of carbonyl (C=O) groups excluding carboxylic acids is 2. The number of aliphatic hydroxyl groups is 1. The van der Waals surface area contributed by atoms with Gasteiger partial charge in [0.2, 0.25) is 0 Å². The van der Waals surface area contributed by atoms with Crippen molar-refractivity contribution < 1.29 is 19.4 Å². The van der Waals surface area contributed by atoms with Crippen molar-refractivity contribution in [1.29, 1.82) is 0 Å². The first-order valence-electron chi connectivity index (χ1n) is 10.9. The van der Waals surface area contributed by atoms with Gasteiger partial charge in [-0.15, -0.1) is 11.3 Å². The number of hydrogen-bond acceptors (Lipinski definition) is 5. The predicted octanol–water partition coefficient (Wildman–Crippen LogP) is 5.55. The molecule has 2 aliphatic rings. The molecule has 5 nitrogen and oxygen atoms in total. The summed E-state index contributed by atoms with van der Waals surface area (Å²) >= 11 is 1.53. The van der Waals surface area contributed by atoms with Crippen LogP contribution in [0.2, 0.25) is 0 Å². The van der Waals surface area contributed by atoms with Crippen LogP contribution in [0.1, 0.15) is 73.1 Å². The third-order valence-corrected chi connectivity index (χ3v) is 7.54. The van der Waals surface area contributed by atoms with Gasteiger partial charge in [-0.25, -0.2) is 0 Å². The minimum Gasteiger partial charge on any atom is -0.507 e. The number of ether oxygens (including phenoxy) is 1. The first-order chi connectivity index (χ1) is 14.8. The van der Waals surface area contributed by atoms with Crippen LogP contribution in [0.15, 0.2) is 35.2 Å². The molecular weight excluding hydrogens is 410 g/mol. The Bertz CT molecular complexity index is 1050. The number of ketones is 1. The van der Waals surface area contributed by atoms with E-state index in [0.717, 1.165) is 47.4 Å². The number of Topliss-reactive ketones (excluding diaryl/α,β-unsaturated/α-hetero) is 1. The van der Waals surface area contributed by atoms with Crippen LogP contribution in [0.4, 0.5) is 0 Å². The fourth-order valence-corrected chi connectivity index (χ4v) is 5.85. The van der Waals surface area contributed by atoms with Gasteiger partial charge >= 0.3 is 0 Å². The molecule has 1 aliphatic carbocycles. The number of aryl methyl sites for hydroxylation is 1. The molecule has 4 rings (SSSR count). The van der Waals surface area contributed by atoms with Crippen molar-refractivity contribution in [2.75, 3.05) is 7.11 Å². The lowest BCUT2D eigenvalue weighted by Crippen LogP contribution is -2.37. The van der Waals surface area contributed by atoms with Crippen molar-refractivity contribution in [1.82, 2.24) is 4.90 Å². The van der Waals surface area contributed by atoms with Gasteiger partial charge in [-0.05, 0) is 66.5 Å². The van der Waals surface area contributed by atoms with Crippen molar-refractivity contribution in [3.8, 4) is 5.75 Å². The molecule has 1 saturated heterocycles. The topological polar surface area (TPSA) is 66.8 Å². The van der Waals surface area contributed by atoms with E-state index in [-0.39, 0.29) is 23.3 Å². The number of likely N-dealkylation sites (tertiary alicyclic amines) is 1. The number of amides is 1. The average molecular weight is 440 g/mol. The number of carbonyl (C=O) groups is 2. The van der Waals surface area contributed by atoms with E-state index in [2.05, 4.69) is 13.8 Å². The SMILES string of the molecule is COc1ccc(/C(O)=C2/C(=O)C(=O)N(C3CCCC3)C2c2sccc2C)cc1C(C)C. The van der Waals surface area contributed by atoms with E-state index in [1.165, 1.54) is 11.3 Å². The molecule has 2 aromatic rings. The first kappa shape index (κ1) is 21.6. The lowest BCUT2D eigenvalue weighted by atomic mass is 9.94. The number of thiophene rings is 1. The zero-order chi connectivity index (χ0) is 22.3. The number of rotatable bonds is 5. The number of hydrogen-bond donors (Lipinski definition) is 1. The maximum absolute atomic E-state index is 13.2. The van der Waals surface area contributed by atoms with Crippen molar-refractivity contribution in [3.63, 3.8) is 0 Å². The van der Waals surface area contributed by atoms with Gasteiger partial charge < -0.3 is 14.7 Å². The van der Waals surface area contributed by atoms with Crippen LogP contribution in [0.3, 0.4) is 0 Å². The standard InChI is InChI=1S/C25H29NO4S/c1-14(2)18-13-16(9-10-19(18)30-4)22(27)20-21(24-15(3)11-12-31-24)26(25(29)23(20)28)17-7-5-6-8-17/h9-14,17,21,27H,5-8H2,1-4H3/b22-20-. The van der Waals surface area contributed by atoms with Gasteiger partial charge in [0.1, 0.15) is 17.6 Å². The highest BCUT2D eigenvalue weighted by molar-refractivity contribution is 7.10. The molecule has 0 spiro atoms. The lowest BCUT2D eigenvalue weighted by Gasteiger charge is -2.30. The number of nitrogens with zero attached hydrogens (tertiary/aromatic N) is 1. The summed E-state index contributed by atoms with van der Waals surface area (Å²) in [6.07, 6.45) is 3.90. The summed E-state index contributed by atoms with van der Waals surface area (Å²) in [5.41, 5.74) is 2.71. The normalized spacial score (nSPS) is 21.5. The summed E-state index contributed by atoms with van der Waals surface area (Å²) in [5.74, 6) is -0.281. The second-order valence-corrected chi connectivity index (χ2v) is 9.67. The second kappa shape index (κ2) is 8.50. The monoisotopic (exact) mass is 439 g/mol. The van der Waals surface area contributed by atoms with Crippen LogP contribution in [-0.4, -0.2) is 34.8 Å². The highest BCUT2D eigenvalue weighted by Crippen LogP contribution is 2.46. The van der Waals surface area contributed by atoms with E-state index in [0.29, 0.717) is 5.56 Å². The molecule has 6 heteroatoms. The molecule has 2 heterocycles. The molecule has 2 fully saturated rings. The molecule has 1 atom stereocenters. The third kappa shape index (κ3) is 3.67. The highest BCUT2D eigenvalue weighted by Gasteiger charge is 2.50. The Labute approximate surface area is 187 Å². The van der Waals surface area contributed by atoms with Crippen molar-refractivity contribution in [3.05, 3.63) is 56.8 Å². The maximum Gasteiger partial charge on any atom is 0.295 e. The van der Waals surface area contributed by atoms with Crippen LogP contribution >= 0.6 is 11.3 Å². The molecule has 1 aromatic carbocycles. The zero-order valence-electron chi connectivity index (χ0n) is 18.5. The summed E-state index contributed by atoms with van der Waals surface area (Å²) < 4.78 is 5.46. The van der Waals surface area contributed by atoms with Gasteiger partial charge in [-0.2, -0.15) is 0 Å². The molecule has 1 amide bonds. The molecule has 31 heavy (non-hydrogen) atoms. The Morgan fingerprint density at radius 3 is 2.48 bits per heavy atom. The van der Waals surface area contributed by atoms with E-state index >= 15 is 0 Å². The molecular formula is C25H29NO4S. The minimum absolute atomic E-state index is 0.0374. The van der Waals surface area contributed by atoms with Crippen LogP contribution < -0.4 is 4.74 Å². The predicted molar refractivity (Wildman–Crippen MR) is 123 cm³/mol. The van der Waals surface area contributed by atoms with Crippen LogP contribution in [0, 0.1) is 6.92 Å². The van der Waals surface area contributed by atoms with Crippen molar-refractivity contribution >= 4 is 28.8 Å². The van der Waals surface area contributed by atoms with Gasteiger partial charge in [-0.3, -0.25) is 9.59 Å². The largest absolute Gasteiger partial charge is 0.507 e. The number of aliphatic hydroxyl groups excluding tert-OH is 1. The maximum atomic E-state index is 13.2. The van der Waals surface area contributed by atoms with Crippen molar-refractivity contribution in [2.45, 2.75) is 64.5 Å². The van der Waals surface area contributed by atoms with Crippen molar-refractivity contribution in [2.24, 2.45) is 0 Å². The molecule has 1 aromatic heterocycles. The molecule has 1 aliphatic heterocycles. The highest BCUT2D eigenvalue weighted by atomic mass is 32.1. The lowest BCUT2D eigenvalue weighted by molar-refractivity contribution is -0.141. The Hall–Kier alpha value is -2.60. The van der Waals surface area contributed by atoms with Crippen LogP contribution in [-0.2, 0) is 9.59 Å².